The van der Waals surface area contributed by atoms with E-state index in [4.69, 9.17) is 5.11 Å². The predicted molar refractivity (Wildman–Crippen MR) is 68.9 cm³/mol. The number of aliphatic hydroxyl groups is 1. The molecule has 3 N–H and O–H groups in total. The van der Waals surface area contributed by atoms with Crippen LogP contribution in [0.5, 0.6) is 0 Å². The maximum absolute atomic E-state index is 11.6. The van der Waals surface area contributed by atoms with Gasteiger partial charge in [0.05, 0.1) is 0 Å². The second-order valence-electron chi connectivity index (χ2n) is 5.14. The van der Waals surface area contributed by atoms with Crippen LogP contribution < -0.4 is 10.6 Å². The Bertz CT molecular complexity index is 275. The second kappa shape index (κ2) is 8.08. The standard InChI is InChI=1S/C13H24N2O3/c1-10(9-16)8-14-12(17)6-7-13(18)15-11-4-2-3-5-11/h10-11,16H,2-9H2,1H3,(H,14,17)(H,15,18). The summed E-state index contributed by atoms with van der Waals surface area (Å²) in [7, 11) is 0. The van der Waals surface area contributed by atoms with Crippen molar-refractivity contribution in [2.45, 2.75) is 51.5 Å². The third-order valence-corrected chi connectivity index (χ3v) is 3.26. The maximum atomic E-state index is 11.6. The van der Waals surface area contributed by atoms with Crippen LogP contribution in [0.15, 0.2) is 0 Å². The molecule has 0 aromatic heterocycles. The Hall–Kier alpha value is -1.10. The van der Waals surface area contributed by atoms with Gasteiger partial charge in [-0.1, -0.05) is 19.8 Å². The number of amides is 2. The quantitative estimate of drug-likeness (QED) is 0.623. The normalized spacial score (nSPS) is 17.4. The second-order valence-corrected chi connectivity index (χ2v) is 5.14. The molecule has 2 amide bonds. The Morgan fingerprint density at radius 2 is 1.83 bits per heavy atom. The molecule has 0 saturated heterocycles. The minimum atomic E-state index is -0.128. The van der Waals surface area contributed by atoms with Crippen molar-refractivity contribution in [1.82, 2.24) is 10.6 Å². The lowest BCUT2D eigenvalue weighted by molar-refractivity contribution is -0.126. The molecular formula is C13H24N2O3. The van der Waals surface area contributed by atoms with Crippen LogP contribution in [-0.2, 0) is 9.59 Å². The van der Waals surface area contributed by atoms with Crippen molar-refractivity contribution >= 4 is 11.8 Å². The average Bonchev–Trinajstić information content (AvgIpc) is 2.86. The molecule has 1 unspecified atom stereocenters. The van der Waals surface area contributed by atoms with Gasteiger partial charge in [0.15, 0.2) is 0 Å². The van der Waals surface area contributed by atoms with Crippen molar-refractivity contribution in [3.05, 3.63) is 0 Å². The molecule has 1 aliphatic carbocycles. The summed E-state index contributed by atoms with van der Waals surface area (Å²) >= 11 is 0. The molecule has 0 spiro atoms. The lowest BCUT2D eigenvalue weighted by atomic mass is 10.2. The zero-order valence-electron chi connectivity index (χ0n) is 11.1. The zero-order valence-corrected chi connectivity index (χ0v) is 11.1. The van der Waals surface area contributed by atoms with Crippen LogP contribution >= 0.6 is 0 Å². The van der Waals surface area contributed by atoms with Gasteiger partial charge in [0.2, 0.25) is 11.8 Å². The smallest absolute Gasteiger partial charge is 0.220 e. The zero-order chi connectivity index (χ0) is 13.4. The first-order valence-corrected chi connectivity index (χ1v) is 6.78. The maximum Gasteiger partial charge on any atom is 0.220 e. The van der Waals surface area contributed by atoms with E-state index >= 15 is 0 Å². The van der Waals surface area contributed by atoms with Crippen LogP contribution in [0.4, 0.5) is 0 Å². The highest BCUT2D eigenvalue weighted by molar-refractivity contribution is 5.83. The fourth-order valence-corrected chi connectivity index (χ4v) is 2.04. The van der Waals surface area contributed by atoms with Gasteiger partial charge < -0.3 is 15.7 Å². The summed E-state index contributed by atoms with van der Waals surface area (Å²) in [4.78, 5) is 23.0. The Morgan fingerprint density at radius 1 is 1.22 bits per heavy atom. The summed E-state index contributed by atoms with van der Waals surface area (Å²) in [5.41, 5.74) is 0. The Kier molecular flexibility index (Phi) is 6.72. The lowest BCUT2D eigenvalue weighted by Crippen LogP contribution is -2.34. The molecule has 0 radical (unpaired) electrons. The number of hydrogen-bond acceptors (Lipinski definition) is 3. The van der Waals surface area contributed by atoms with Crippen LogP contribution in [0.3, 0.4) is 0 Å². The van der Waals surface area contributed by atoms with E-state index in [0.717, 1.165) is 12.8 Å². The summed E-state index contributed by atoms with van der Waals surface area (Å²) in [5.74, 6) is -0.106. The average molecular weight is 256 g/mol. The summed E-state index contributed by atoms with van der Waals surface area (Å²) in [6.45, 7) is 2.37. The number of carbonyl (C=O) groups is 2. The fourth-order valence-electron chi connectivity index (χ4n) is 2.04. The van der Waals surface area contributed by atoms with E-state index in [1.165, 1.54) is 12.8 Å². The van der Waals surface area contributed by atoms with Gasteiger partial charge in [0.25, 0.3) is 0 Å². The van der Waals surface area contributed by atoms with E-state index in [1.807, 2.05) is 6.92 Å². The van der Waals surface area contributed by atoms with Gasteiger partial charge in [-0.3, -0.25) is 9.59 Å². The highest BCUT2D eigenvalue weighted by Crippen LogP contribution is 2.17. The first-order chi connectivity index (χ1) is 8.61. The molecule has 5 nitrogen and oxygen atoms in total. The molecule has 1 fully saturated rings. The van der Waals surface area contributed by atoms with Crippen LogP contribution in [-0.4, -0.2) is 36.1 Å². The van der Waals surface area contributed by atoms with Crippen LogP contribution in [0.1, 0.15) is 45.4 Å². The Balaban J connectivity index is 2.07. The van der Waals surface area contributed by atoms with E-state index in [9.17, 15) is 9.59 Å². The number of nitrogens with one attached hydrogen (secondary N) is 2. The largest absolute Gasteiger partial charge is 0.396 e. The van der Waals surface area contributed by atoms with E-state index in [0.29, 0.717) is 12.6 Å². The summed E-state index contributed by atoms with van der Waals surface area (Å²) < 4.78 is 0. The van der Waals surface area contributed by atoms with Crippen molar-refractivity contribution in [3.63, 3.8) is 0 Å². The first kappa shape index (κ1) is 15.0. The predicted octanol–water partition coefficient (Wildman–Crippen LogP) is 0.570. The molecule has 1 saturated carbocycles. The molecule has 18 heavy (non-hydrogen) atoms. The monoisotopic (exact) mass is 256 g/mol. The molecular weight excluding hydrogens is 232 g/mol. The molecule has 1 rings (SSSR count). The van der Waals surface area contributed by atoms with E-state index in [-0.39, 0.29) is 37.2 Å². The third-order valence-electron chi connectivity index (χ3n) is 3.26. The van der Waals surface area contributed by atoms with Crippen molar-refractivity contribution in [2.24, 2.45) is 5.92 Å². The molecule has 1 atom stereocenters. The number of carbonyl (C=O) groups excluding carboxylic acids is 2. The molecule has 5 heteroatoms. The lowest BCUT2D eigenvalue weighted by Gasteiger charge is -2.12. The van der Waals surface area contributed by atoms with Crippen LogP contribution in [0.25, 0.3) is 0 Å². The Morgan fingerprint density at radius 3 is 2.44 bits per heavy atom. The van der Waals surface area contributed by atoms with Gasteiger partial charge in [0, 0.05) is 32.0 Å². The Labute approximate surface area is 108 Å². The highest BCUT2D eigenvalue weighted by atomic mass is 16.3. The molecule has 104 valence electrons. The van der Waals surface area contributed by atoms with Gasteiger partial charge in [0.1, 0.15) is 0 Å². The number of rotatable bonds is 7. The van der Waals surface area contributed by atoms with Crippen molar-refractivity contribution in [2.75, 3.05) is 13.2 Å². The first-order valence-electron chi connectivity index (χ1n) is 6.78. The molecule has 0 aromatic rings. The van der Waals surface area contributed by atoms with E-state index < -0.39 is 0 Å². The number of hydrogen-bond donors (Lipinski definition) is 3. The van der Waals surface area contributed by atoms with Crippen LogP contribution in [0, 0.1) is 5.92 Å². The van der Waals surface area contributed by atoms with Gasteiger partial charge >= 0.3 is 0 Å². The minimum absolute atomic E-state index is 0.0349. The van der Waals surface area contributed by atoms with Crippen LogP contribution in [0.2, 0.25) is 0 Å². The van der Waals surface area contributed by atoms with Gasteiger partial charge in [-0.15, -0.1) is 0 Å². The summed E-state index contributed by atoms with van der Waals surface area (Å²) in [5, 5.41) is 14.5. The third kappa shape index (κ3) is 6.00. The highest BCUT2D eigenvalue weighted by Gasteiger charge is 2.17. The molecule has 0 aliphatic heterocycles. The van der Waals surface area contributed by atoms with E-state index in [2.05, 4.69) is 10.6 Å². The summed E-state index contributed by atoms with van der Waals surface area (Å²) in [6, 6.07) is 0.315. The molecule has 0 bridgehead atoms. The van der Waals surface area contributed by atoms with Gasteiger partial charge in [-0.25, -0.2) is 0 Å². The summed E-state index contributed by atoms with van der Waals surface area (Å²) in [6.07, 6.45) is 4.96. The van der Waals surface area contributed by atoms with Crippen molar-refractivity contribution < 1.29 is 14.7 Å². The van der Waals surface area contributed by atoms with Crippen molar-refractivity contribution in [1.29, 1.82) is 0 Å². The SMILES string of the molecule is CC(CO)CNC(=O)CCC(=O)NC1CCCC1. The molecule has 0 heterocycles. The topological polar surface area (TPSA) is 78.4 Å². The fraction of sp³-hybridized carbons (Fsp3) is 0.846. The molecule has 1 aliphatic rings. The van der Waals surface area contributed by atoms with E-state index in [1.54, 1.807) is 0 Å². The number of aliphatic hydroxyl groups excluding tert-OH is 1. The van der Waals surface area contributed by atoms with Crippen molar-refractivity contribution in [3.8, 4) is 0 Å². The molecule has 0 aromatic carbocycles. The van der Waals surface area contributed by atoms with Gasteiger partial charge in [-0.05, 0) is 18.8 Å². The minimum Gasteiger partial charge on any atom is -0.396 e. The van der Waals surface area contributed by atoms with Gasteiger partial charge in [-0.2, -0.15) is 0 Å².